The van der Waals surface area contributed by atoms with Crippen molar-refractivity contribution in [2.75, 3.05) is 0 Å². The van der Waals surface area contributed by atoms with E-state index in [9.17, 15) is 0 Å². The number of nitrogens with one attached hydrogen (secondary N) is 3. The fourth-order valence-electron chi connectivity index (χ4n) is 1.82. The molecule has 98 valence electrons. The van der Waals surface area contributed by atoms with Crippen molar-refractivity contribution in [1.29, 1.82) is 5.41 Å². The first kappa shape index (κ1) is 12.4. The van der Waals surface area contributed by atoms with Gasteiger partial charge in [0.05, 0.1) is 17.9 Å². The summed E-state index contributed by atoms with van der Waals surface area (Å²) < 4.78 is 0.461. The fraction of sp³-hybridized carbons (Fsp3) is 0. The lowest BCUT2D eigenvalue weighted by Gasteiger charge is -2.00. The van der Waals surface area contributed by atoms with Gasteiger partial charge in [-0.2, -0.15) is 10.2 Å². The lowest BCUT2D eigenvalue weighted by molar-refractivity contribution is 1.02. The van der Waals surface area contributed by atoms with Gasteiger partial charge in [0.15, 0.2) is 10.6 Å². The molecule has 0 fully saturated rings. The predicted molar refractivity (Wildman–Crippen MR) is 77.9 cm³/mol. The number of aromatic amines is 2. The number of para-hydroxylation sites is 1. The molecular weight excluding hydrogens is 272 g/mol. The minimum atomic E-state index is 0.0990. The van der Waals surface area contributed by atoms with Gasteiger partial charge < -0.3 is 9.97 Å². The summed E-state index contributed by atoms with van der Waals surface area (Å²) in [5, 5.41) is 16.3. The van der Waals surface area contributed by atoms with Crippen LogP contribution in [-0.4, -0.2) is 26.0 Å². The predicted octanol–water partition coefficient (Wildman–Crippen LogP) is 1.94. The van der Waals surface area contributed by atoms with E-state index < -0.39 is 0 Å². The second-order valence-electron chi connectivity index (χ2n) is 4.06. The maximum atomic E-state index is 8.01. The second-order valence-corrected chi connectivity index (χ2v) is 4.47. The van der Waals surface area contributed by atoms with E-state index >= 15 is 0 Å². The Balaban J connectivity index is 2.22. The third-order valence-corrected chi connectivity index (χ3v) is 2.95. The zero-order valence-corrected chi connectivity index (χ0v) is 11.1. The van der Waals surface area contributed by atoms with E-state index in [1.165, 1.54) is 12.4 Å². The largest absolute Gasteiger partial charge is 0.332 e. The summed E-state index contributed by atoms with van der Waals surface area (Å²) in [5.41, 5.74) is 2.01. The standard InChI is InChI=1S/C13H10N6S/c14-11(8-5-6-15-16-7-8)18-12-9-3-1-2-4-10(9)17-13(20)19-12/h1-7H,(H3,14,17,18,19,20). The van der Waals surface area contributed by atoms with Crippen molar-refractivity contribution in [2.45, 2.75) is 0 Å². The quantitative estimate of drug-likeness (QED) is 0.362. The van der Waals surface area contributed by atoms with Crippen LogP contribution < -0.4 is 5.49 Å². The molecule has 0 amide bonds. The molecule has 0 aliphatic rings. The molecule has 0 saturated heterocycles. The van der Waals surface area contributed by atoms with Crippen LogP contribution in [0.2, 0.25) is 0 Å². The molecule has 3 rings (SSSR count). The number of rotatable bonds is 1. The highest BCUT2D eigenvalue weighted by atomic mass is 32.1. The number of fused-ring (bicyclic) bond motifs is 1. The Hall–Kier alpha value is -2.67. The van der Waals surface area contributed by atoms with Gasteiger partial charge in [-0.3, -0.25) is 5.41 Å². The summed E-state index contributed by atoms with van der Waals surface area (Å²) in [4.78, 5) is 10.3. The van der Waals surface area contributed by atoms with E-state index in [1.807, 2.05) is 24.3 Å². The van der Waals surface area contributed by atoms with Crippen LogP contribution in [-0.2, 0) is 0 Å². The van der Waals surface area contributed by atoms with Gasteiger partial charge in [-0.25, -0.2) is 4.99 Å². The number of amidine groups is 1. The maximum absolute atomic E-state index is 8.01. The Morgan fingerprint density at radius 3 is 2.80 bits per heavy atom. The number of benzene rings is 1. The monoisotopic (exact) mass is 282 g/mol. The zero-order chi connectivity index (χ0) is 13.9. The first-order valence-corrected chi connectivity index (χ1v) is 6.26. The Labute approximate surface area is 118 Å². The van der Waals surface area contributed by atoms with E-state index in [-0.39, 0.29) is 5.84 Å². The molecule has 0 atom stereocenters. The maximum Gasteiger partial charge on any atom is 0.176 e. The minimum Gasteiger partial charge on any atom is -0.332 e. The van der Waals surface area contributed by atoms with Crippen LogP contribution in [0.25, 0.3) is 10.9 Å². The van der Waals surface area contributed by atoms with Crippen LogP contribution >= 0.6 is 12.2 Å². The van der Waals surface area contributed by atoms with Crippen molar-refractivity contribution in [1.82, 2.24) is 20.2 Å². The highest BCUT2D eigenvalue weighted by Crippen LogP contribution is 2.05. The van der Waals surface area contributed by atoms with Gasteiger partial charge in [0, 0.05) is 10.9 Å². The SMILES string of the molecule is N=C(/N=c1\[nH]c(=S)[nH]c2ccccc12)c1ccnnc1. The van der Waals surface area contributed by atoms with Crippen molar-refractivity contribution in [3.05, 3.63) is 58.5 Å². The summed E-state index contributed by atoms with van der Waals surface area (Å²) in [6.07, 6.45) is 3.02. The van der Waals surface area contributed by atoms with Gasteiger partial charge in [0.2, 0.25) is 0 Å². The minimum absolute atomic E-state index is 0.0990. The molecule has 20 heavy (non-hydrogen) atoms. The number of hydrogen-bond donors (Lipinski definition) is 3. The van der Waals surface area contributed by atoms with E-state index in [4.69, 9.17) is 17.6 Å². The number of nitrogens with zero attached hydrogens (tertiary/aromatic N) is 3. The van der Waals surface area contributed by atoms with Gasteiger partial charge in [0.1, 0.15) is 5.49 Å². The normalized spacial score (nSPS) is 11.7. The van der Waals surface area contributed by atoms with E-state index in [2.05, 4.69) is 25.2 Å². The molecule has 2 heterocycles. The summed E-state index contributed by atoms with van der Waals surface area (Å²) in [6.45, 7) is 0. The van der Waals surface area contributed by atoms with Crippen LogP contribution in [0.5, 0.6) is 0 Å². The fourth-order valence-corrected chi connectivity index (χ4v) is 2.03. The lowest BCUT2D eigenvalue weighted by Crippen LogP contribution is -2.14. The molecule has 6 nitrogen and oxygen atoms in total. The van der Waals surface area contributed by atoms with Gasteiger partial charge in [0.25, 0.3) is 0 Å². The first-order chi connectivity index (χ1) is 9.74. The average molecular weight is 282 g/mol. The van der Waals surface area contributed by atoms with Crippen molar-refractivity contribution in [3.8, 4) is 0 Å². The van der Waals surface area contributed by atoms with Crippen molar-refractivity contribution in [3.63, 3.8) is 0 Å². The van der Waals surface area contributed by atoms with Crippen molar-refractivity contribution >= 4 is 29.0 Å². The van der Waals surface area contributed by atoms with Gasteiger partial charge >= 0.3 is 0 Å². The molecule has 2 aromatic heterocycles. The molecule has 0 aliphatic carbocycles. The van der Waals surface area contributed by atoms with Crippen molar-refractivity contribution in [2.24, 2.45) is 4.99 Å². The molecule has 0 bridgehead atoms. The molecule has 1 aromatic carbocycles. The second kappa shape index (κ2) is 5.14. The molecule has 0 aliphatic heterocycles. The van der Waals surface area contributed by atoms with E-state index in [0.717, 1.165) is 10.9 Å². The summed E-state index contributed by atoms with van der Waals surface area (Å²) >= 11 is 5.13. The Morgan fingerprint density at radius 1 is 1.15 bits per heavy atom. The first-order valence-electron chi connectivity index (χ1n) is 5.86. The lowest BCUT2D eigenvalue weighted by atomic mass is 10.2. The smallest absolute Gasteiger partial charge is 0.176 e. The number of aromatic nitrogens is 4. The van der Waals surface area contributed by atoms with Crippen molar-refractivity contribution < 1.29 is 0 Å². The summed E-state index contributed by atoms with van der Waals surface area (Å²) in [6, 6.07) is 9.33. The highest BCUT2D eigenvalue weighted by molar-refractivity contribution is 7.71. The Bertz CT molecular complexity index is 894. The molecule has 3 N–H and O–H groups in total. The average Bonchev–Trinajstić information content (AvgIpc) is 2.48. The van der Waals surface area contributed by atoms with Crippen LogP contribution in [0.15, 0.2) is 47.7 Å². The molecule has 0 spiro atoms. The summed E-state index contributed by atoms with van der Waals surface area (Å²) in [7, 11) is 0. The molecule has 3 aromatic rings. The third-order valence-electron chi connectivity index (χ3n) is 2.74. The highest BCUT2D eigenvalue weighted by Gasteiger charge is 2.01. The number of hydrogen-bond acceptors (Lipinski definition) is 4. The van der Waals surface area contributed by atoms with Crippen LogP contribution in [0.4, 0.5) is 0 Å². The van der Waals surface area contributed by atoms with Gasteiger partial charge in [-0.15, -0.1) is 0 Å². The van der Waals surface area contributed by atoms with Crippen LogP contribution in [0.1, 0.15) is 5.56 Å². The molecule has 7 heteroatoms. The van der Waals surface area contributed by atoms with Gasteiger partial charge in [-0.05, 0) is 30.4 Å². The molecular formula is C13H10N6S. The molecule has 0 radical (unpaired) electrons. The Morgan fingerprint density at radius 2 is 2.00 bits per heavy atom. The van der Waals surface area contributed by atoms with Crippen LogP contribution in [0.3, 0.4) is 0 Å². The third kappa shape index (κ3) is 2.39. The van der Waals surface area contributed by atoms with E-state index in [1.54, 1.807) is 6.07 Å². The van der Waals surface area contributed by atoms with Crippen LogP contribution in [0, 0.1) is 10.2 Å². The molecule has 0 saturated carbocycles. The zero-order valence-electron chi connectivity index (χ0n) is 10.3. The summed E-state index contributed by atoms with van der Waals surface area (Å²) in [5.74, 6) is 0.0990. The van der Waals surface area contributed by atoms with Gasteiger partial charge in [-0.1, -0.05) is 12.1 Å². The number of H-pyrrole nitrogens is 2. The van der Waals surface area contributed by atoms with E-state index in [0.29, 0.717) is 15.8 Å². The Kier molecular flexibility index (Phi) is 3.18. The molecule has 0 unspecified atom stereocenters. The topological polar surface area (TPSA) is 93.6 Å².